The summed E-state index contributed by atoms with van der Waals surface area (Å²) in [4.78, 5) is 31.3. The minimum atomic E-state index is -1.12. The van der Waals surface area contributed by atoms with Gasteiger partial charge in [-0.3, -0.25) is 9.80 Å². The van der Waals surface area contributed by atoms with Crippen LogP contribution in [0.1, 0.15) is 39.2 Å². The van der Waals surface area contributed by atoms with Crippen LogP contribution in [0, 0.1) is 0 Å². The average Bonchev–Trinajstić information content (AvgIpc) is 3.89. The molecule has 13 nitrogen and oxygen atoms in total. The number of carbonyl (C=O) groups is 2. The largest absolute Gasteiger partial charge is 0.504 e. The number of para-hydroxylation sites is 1. The van der Waals surface area contributed by atoms with Gasteiger partial charge in [0.05, 0.1) is 35.1 Å². The number of hydrogen-bond donors (Lipinski definition) is 3. The van der Waals surface area contributed by atoms with Crippen molar-refractivity contribution in [3.8, 4) is 17.2 Å². The number of anilines is 2. The molecule has 0 saturated carbocycles. The number of furan rings is 2. The number of phenolic OH excluding ortho intramolecular Hbond substituents is 1. The van der Waals surface area contributed by atoms with Crippen LogP contribution in [0.15, 0.2) is 81.6 Å². The first-order valence-corrected chi connectivity index (χ1v) is 20.2. The molecule has 4 heterocycles. The fraction of sp³-hybridized carbons (Fsp3) is 0.302. The van der Waals surface area contributed by atoms with E-state index in [-0.39, 0.29) is 17.3 Å². The molecule has 0 amide bonds. The van der Waals surface area contributed by atoms with Crippen LogP contribution < -0.4 is 19.3 Å². The van der Waals surface area contributed by atoms with E-state index in [1.165, 1.54) is 12.1 Å². The van der Waals surface area contributed by atoms with E-state index in [1.54, 1.807) is 25.3 Å². The van der Waals surface area contributed by atoms with Crippen molar-refractivity contribution in [1.29, 1.82) is 0 Å². The lowest BCUT2D eigenvalue weighted by molar-refractivity contribution is 0.0655. The van der Waals surface area contributed by atoms with Gasteiger partial charge < -0.3 is 43.4 Å². The van der Waals surface area contributed by atoms with Crippen molar-refractivity contribution in [2.24, 2.45) is 0 Å². The molecule has 2 aliphatic rings. The van der Waals surface area contributed by atoms with Gasteiger partial charge in [0.15, 0.2) is 11.5 Å². The van der Waals surface area contributed by atoms with Gasteiger partial charge in [-0.15, -0.1) is 0 Å². The predicted octanol–water partition coefficient (Wildman–Crippen LogP) is 8.98. The van der Waals surface area contributed by atoms with Crippen molar-refractivity contribution in [3.05, 3.63) is 111 Å². The first-order valence-electron chi connectivity index (χ1n) is 19.1. The van der Waals surface area contributed by atoms with Crippen LogP contribution in [0.3, 0.4) is 0 Å². The quantitative estimate of drug-likeness (QED) is 0.114. The number of rotatable bonds is 11. The molecule has 3 N–H and O–H groups in total. The van der Waals surface area contributed by atoms with Crippen LogP contribution >= 0.6 is 34.8 Å². The van der Waals surface area contributed by atoms with Crippen LogP contribution in [-0.4, -0.2) is 103 Å². The topological polar surface area (TPSA) is 153 Å². The van der Waals surface area contributed by atoms with Gasteiger partial charge in [0.1, 0.15) is 16.9 Å². The molecule has 2 fully saturated rings. The zero-order valence-electron chi connectivity index (χ0n) is 32.4. The molecule has 4 aromatic carbocycles. The summed E-state index contributed by atoms with van der Waals surface area (Å²) in [5, 5.41) is 31.6. The van der Waals surface area contributed by atoms with Gasteiger partial charge in [0.25, 0.3) is 0 Å². The maximum Gasteiger partial charge on any atom is 0.371 e. The van der Waals surface area contributed by atoms with Crippen LogP contribution in [0.5, 0.6) is 17.2 Å². The lowest BCUT2D eigenvalue weighted by atomic mass is 10.1. The Hall–Kier alpha value is -5.31. The molecular weight excluding hydrogens is 823 g/mol. The van der Waals surface area contributed by atoms with Crippen LogP contribution in [-0.2, 0) is 13.1 Å². The molecular formula is C43H43Cl3N4O9. The number of ether oxygens (including phenoxy) is 2. The fourth-order valence-corrected chi connectivity index (χ4v) is 8.33. The molecule has 2 aromatic heterocycles. The maximum atomic E-state index is 11.2. The summed E-state index contributed by atoms with van der Waals surface area (Å²) in [6.45, 7) is 10.2. The lowest BCUT2D eigenvalue weighted by Crippen LogP contribution is -2.46. The summed E-state index contributed by atoms with van der Waals surface area (Å²) in [5.74, 6) is -0.960. The number of carboxylic acid groups (broad SMARTS) is 2. The molecule has 0 bridgehead atoms. The number of aromatic carboxylic acids is 2. The number of nitrogens with zero attached hydrogens (tertiary/aromatic N) is 4. The van der Waals surface area contributed by atoms with Crippen LogP contribution in [0.4, 0.5) is 11.4 Å². The third kappa shape index (κ3) is 9.14. The minimum Gasteiger partial charge on any atom is -0.504 e. The SMILES string of the molecule is CCOc1cccc(CN2CCN(c3ccc4oc(C(=O)O)cc4c3Cl)CC2)c1O.COc1cccc(Cl)c1CN1CCN(c2ccc3oc(C(=O)O)cc3c2Cl)CC1. The van der Waals surface area contributed by atoms with E-state index in [0.717, 1.165) is 80.6 Å². The molecule has 0 atom stereocenters. The third-order valence-corrected chi connectivity index (χ3v) is 11.7. The smallest absolute Gasteiger partial charge is 0.371 e. The Kier molecular flexibility index (Phi) is 13.0. The average molecular weight is 866 g/mol. The molecule has 2 aliphatic heterocycles. The maximum absolute atomic E-state index is 11.2. The standard InChI is InChI=1S/C22H23ClN2O5.C21H20Cl2N2O4/c1-2-29-18-5-3-4-14(21(18)26)13-24-8-10-25(11-9-24)16-6-7-17-15(20(16)23)12-19(30-17)22(27)28;1-28-17-4-2-3-15(22)14(17)12-24-7-9-25(10-8-24)16-5-6-18-13(20(16)23)11-19(29-18)21(26)27/h3-7,12,26H,2,8-11,13H2,1H3,(H,27,28);2-6,11H,7-10,12H2,1H3,(H,26,27). The molecule has 6 aromatic rings. The van der Waals surface area contributed by atoms with Gasteiger partial charge in [0.2, 0.25) is 11.5 Å². The minimum absolute atomic E-state index is 0.113. The number of piperazine rings is 2. The number of carboxylic acids is 2. The van der Waals surface area contributed by atoms with Crippen molar-refractivity contribution in [2.45, 2.75) is 20.0 Å². The molecule has 2 saturated heterocycles. The molecule has 0 aliphatic carbocycles. The third-order valence-electron chi connectivity index (χ3n) is 10.5. The van der Waals surface area contributed by atoms with E-state index in [2.05, 4.69) is 19.6 Å². The number of aromatic hydroxyl groups is 1. The van der Waals surface area contributed by atoms with Crippen molar-refractivity contribution in [3.63, 3.8) is 0 Å². The van der Waals surface area contributed by atoms with Crippen molar-refractivity contribution < 1.29 is 43.2 Å². The van der Waals surface area contributed by atoms with Crippen molar-refractivity contribution in [1.82, 2.24) is 9.80 Å². The second-order valence-electron chi connectivity index (χ2n) is 14.1. The summed E-state index contributed by atoms with van der Waals surface area (Å²) in [5.41, 5.74) is 4.51. The van der Waals surface area contributed by atoms with Crippen LogP contribution in [0.25, 0.3) is 21.9 Å². The predicted molar refractivity (Wildman–Crippen MR) is 229 cm³/mol. The lowest BCUT2D eigenvalue weighted by Gasteiger charge is -2.36. The summed E-state index contributed by atoms with van der Waals surface area (Å²) in [6, 6.07) is 21.5. The van der Waals surface area contributed by atoms with Gasteiger partial charge in [0, 0.05) is 105 Å². The summed E-state index contributed by atoms with van der Waals surface area (Å²) >= 11 is 19.5. The van der Waals surface area contributed by atoms with Crippen molar-refractivity contribution in [2.75, 3.05) is 75.9 Å². The van der Waals surface area contributed by atoms with Gasteiger partial charge in [-0.2, -0.15) is 0 Å². The molecule has 0 spiro atoms. The van der Waals surface area contributed by atoms with E-state index in [9.17, 15) is 14.7 Å². The Labute approximate surface area is 355 Å². The zero-order chi connectivity index (χ0) is 41.8. The number of phenols is 1. The summed E-state index contributed by atoms with van der Waals surface area (Å²) in [6.07, 6.45) is 0. The van der Waals surface area contributed by atoms with E-state index in [1.807, 2.05) is 49.4 Å². The number of benzene rings is 4. The highest BCUT2D eigenvalue weighted by Crippen LogP contribution is 2.38. The van der Waals surface area contributed by atoms with Gasteiger partial charge in [-0.1, -0.05) is 53.0 Å². The number of fused-ring (bicyclic) bond motifs is 2. The second-order valence-corrected chi connectivity index (χ2v) is 15.3. The van der Waals surface area contributed by atoms with Crippen LogP contribution in [0.2, 0.25) is 15.1 Å². The Morgan fingerprint density at radius 2 is 1.17 bits per heavy atom. The van der Waals surface area contributed by atoms with Gasteiger partial charge in [-0.25, -0.2) is 9.59 Å². The Bertz CT molecular complexity index is 2470. The Balaban J connectivity index is 0.000000179. The van der Waals surface area contributed by atoms with Gasteiger partial charge in [-0.05, 0) is 49.4 Å². The molecule has 59 heavy (non-hydrogen) atoms. The van der Waals surface area contributed by atoms with E-state index >= 15 is 0 Å². The zero-order valence-corrected chi connectivity index (χ0v) is 34.7. The normalized spacial score (nSPS) is 15.0. The first kappa shape index (κ1) is 41.8. The Morgan fingerprint density at radius 3 is 1.66 bits per heavy atom. The highest BCUT2D eigenvalue weighted by Gasteiger charge is 2.25. The molecule has 8 rings (SSSR count). The monoisotopic (exact) mass is 864 g/mol. The number of methoxy groups -OCH3 is 1. The van der Waals surface area contributed by atoms with Gasteiger partial charge >= 0.3 is 11.9 Å². The molecule has 0 radical (unpaired) electrons. The fourth-order valence-electron chi connectivity index (χ4n) is 7.44. The molecule has 16 heteroatoms. The first-order chi connectivity index (χ1) is 28.4. The Morgan fingerprint density at radius 1 is 0.678 bits per heavy atom. The summed E-state index contributed by atoms with van der Waals surface area (Å²) in [7, 11) is 1.65. The highest BCUT2D eigenvalue weighted by atomic mass is 35.5. The van der Waals surface area contributed by atoms with E-state index in [0.29, 0.717) is 62.5 Å². The number of halogens is 3. The molecule has 0 unspecified atom stereocenters. The van der Waals surface area contributed by atoms with Crippen molar-refractivity contribution >= 4 is 80.1 Å². The van der Waals surface area contributed by atoms with E-state index in [4.69, 9.17) is 63.3 Å². The number of hydrogen-bond acceptors (Lipinski definition) is 11. The second kappa shape index (κ2) is 18.3. The molecule has 310 valence electrons. The van der Waals surface area contributed by atoms with E-state index < -0.39 is 11.9 Å². The summed E-state index contributed by atoms with van der Waals surface area (Å²) < 4.78 is 21.6. The highest BCUT2D eigenvalue weighted by molar-refractivity contribution is 6.38.